The highest BCUT2D eigenvalue weighted by atomic mass is 32.1. The number of nitrogens with zero attached hydrogens (tertiary/aromatic N) is 2. The first kappa shape index (κ1) is 16.2. The number of amides is 1. The lowest BCUT2D eigenvalue weighted by atomic mass is 10.2. The van der Waals surface area contributed by atoms with Crippen molar-refractivity contribution in [2.24, 2.45) is 0 Å². The van der Waals surface area contributed by atoms with E-state index in [0.29, 0.717) is 17.3 Å². The van der Waals surface area contributed by atoms with Crippen LogP contribution in [-0.2, 0) is 16.0 Å². The molecule has 2 rings (SSSR count). The second kappa shape index (κ2) is 6.74. The van der Waals surface area contributed by atoms with E-state index >= 15 is 0 Å². The maximum absolute atomic E-state index is 12.3. The van der Waals surface area contributed by atoms with E-state index in [0.717, 1.165) is 4.88 Å². The molecule has 0 aliphatic rings. The average Bonchev–Trinajstić information content (AvgIpc) is 3.06. The smallest absolute Gasteiger partial charge is 0.323 e. The minimum absolute atomic E-state index is 0.0339. The highest BCUT2D eigenvalue weighted by Gasteiger charge is 2.23. The van der Waals surface area contributed by atoms with Crippen LogP contribution in [0.25, 0.3) is 10.8 Å². The summed E-state index contributed by atoms with van der Waals surface area (Å²) in [4.78, 5) is 29.8. The van der Waals surface area contributed by atoms with E-state index in [1.165, 1.54) is 16.2 Å². The van der Waals surface area contributed by atoms with Gasteiger partial charge in [0.25, 0.3) is 0 Å². The molecular weight excluding hydrogens is 304 g/mol. The van der Waals surface area contributed by atoms with Crippen LogP contribution in [-0.4, -0.2) is 39.5 Å². The number of carbonyl (C=O) groups excluding carboxylic acids is 1. The lowest BCUT2D eigenvalue weighted by Crippen LogP contribution is -2.41. The Morgan fingerprint density at radius 2 is 2.18 bits per heavy atom. The van der Waals surface area contributed by atoms with Crippen LogP contribution in [0.4, 0.5) is 0 Å². The van der Waals surface area contributed by atoms with Gasteiger partial charge in [-0.25, -0.2) is 4.98 Å². The van der Waals surface area contributed by atoms with Gasteiger partial charge in [0.15, 0.2) is 0 Å². The first-order chi connectivity index (χ1) is 10.4. The molecule has 22 heavy (non-hydrogen) atoms. The predicted octanol–water partition coefficient (Wildman–Crippen LogP) is 2.58. The van der Waals surface area contributed by atoms with E-state index in [-0.39, 0.29) is 24.9 Å². The van der Waals surface area contributed by atoms with Crippen LogP contribution in [0, 0.1) is 6.92 Å². The topological polar surface area (TPSA) is 83.6 Å². The van der Waals surface area contributed by atoms with Crippen molar-refractivity contribution in [1.29, 1.82) is 0 Å². The molecule has 118 valence electrons. The zero-order chi connectivity index (χ0) is 16.3. The molecule has 7 heteroatoms. The molecule has 0 saturated heterocycles. The van der Waals surface area contributed by atoms with Gasteiger partial charge >= 0.3 is 5.97 Å². The summed E-state index contributed by atoms with van der Waals surface area (Å²) in [5.41, 5.74) is 0.546. The Morgan fingerprint density at radius 1 is 1.45 bits per heavy atom. The summed E-state index contributed by atoms with van der Waals surface area (Å²) in [7, 11) is 0. The molecule has 2 heterocycles. The molecule has 0 saturated carbocycles. The fraction of sp³-hybridized carbons (Fsp3) is 0.400. The number of rotatable bonds is 6. The van der Waals surface area contributed by atoms with Gasteiger partial charge in [0.05, 0.1) is 17.0 Å². The van der Waals surface area contributed by atoms with Crippen LogP contribution in [0.3, 0.4) is 0 Å². The summed E-state index contributed by atoms with van der Waals surface area (Å²) < 4.78 is 5.59. The highest BCUT2D eigenvalue weighted by molar-refractivity contribution is 7.13. The fourth-order valence-electron chi connectivity index (χ4n) is 2.05. The van der Waals surface area contributed by atoms with E-state index in [1.54, 1.807) is 20.8 Å². The van der Waals surface area contributed by atoms with Crippen LogP contribution in [0.5, 0.6) is 0 Å². The molecule has 2 aromatic heterocycles. The lowest BCUT2D eigenvalue weighted by Gasteiger charge is -2.24. The number of hydrogen-bond donors (Lipinski definition) is 1. The van der Waals surface area contributed by atoms with Crippen LogP contribution >= 0.6 is 11.3 Å². The minimum Gasteiger partial charge on any atom is -0.480 e. The van der Waals surface area contributed by atoms with E-state index in [2.05, 4.69) is 4.98 Å². The molecule has 6 nitrogen and oxygen atoms in total. The van der Waals surface area contributed by atoms with E-state index in [9.17, 15) is 9.59 Å². The largest absolute Gasteiger partial charge is 0.480 e. The predicted molar refractivity (Wildman–Crippen MR) is 82.7 cm³/mol. The number of aromatic nitrogens is 1. The summed E-state index contributed by atoms with van der Waals surface area (Å²) in [6, 6.07) is 3.61. The third-order valence-electron chi connectivity index (χ3n) is 3.19. The van der Waals surface area contributed by atoms with Crippen molar-refractivity contribution in [3.63, 3.8) is 0 Å². The molecule has 0 unspecified atom stereocenters. The van der Waals surface area contributed by atoms with Gasteiger partial charge in [0, 0.05) is 6.04 Å². The molecule has 0 aliphatic carbocycles. The van der Waals surface area contributed by atoms with Gasteiger partial charge in [-0.2, -0.15) is 0 Å². The Morgan fingerprint density at radius 3 is 2.73 bits per heavy atom. The molecule has 0 spiro atoms. The molecule has 0 radical (unpaired) electrons. The number of aryl methyl sites for hydroxylation is 1. The van der Waals surface area contributed by atoms with Crippen molar-refractivity contribution in [2.75, 3.05) is 6.54 Å². The summed E-state index contributed by atoms with van der Waals surface area (Å²) in [5.74, 6) is -0.231. The van der Waals surface area contributed by atoms with Gasteiger partial charge in [-0.1, -0.05) is 6.07 Å². The van der Waals surface area contributed by atoms with Gasteiger partial charge < -0.3 is 14.4 Å². The Labute approximate surface area is 132 Å². The van der Waals surface area contributed by atoms with Crippen molar-refractivity contribution in [3.8, 4) is 10.8 Å². The average molecular weight is 322 g/mol. The lowest BCUT2D eigenvalue weighted by molar-refractivity contribution is -0.145. The highest BCUT2D eigenvalue weighted by Crippen LogP contribution is 2.26. The second-order valence-corrected chi connectivity index (χ2v) is 6.13. The molecule has 2 aromatic rings. The number of carbonyl (C=O) groups is 2. The molecule has 1 amide bonds. The molecule has 0 aromatic carbocycles. The van der Waals surface area contributed by atoms with Crippen LogP contribution < -0.4 is 0 Å². The molecule has 0 bridgehead atoms. The van der Waals surface area contributed by atoms with Gasteiger partial charge in [0.2, 0.25) is 11.8 Å². The third kappa shape index (κ3) is 3.73. The Balaban J connectivity index is 2.15. The number of aliphatic carboxylic acids is 1. The molecule has 1 N–H and O–H groups in total. The normalized spacial score (nSPS) is 10.9. The van der Waals surface area contributed by atoms with Gasteiger partial charge in [0.1, 0.15) is 12.3 Å². The van der Waals surface area contributed by atoms with Crippen LogP contribution in [0.2, 0.25) is 0 Å². The Hall–Kier alpha value is -2.15. The van der Waals surface area contributed by atoms with Gasteiger partial charge in [-0.05, 0) is 32.2 Å². The SMILES string of the molecule is Cc1oc(-c2cccs2)nc1CC(=O)N(CC(=O)O)C(C)C. The zero-order valence-corrected chi connectivity index (χ0v) is 13.5. The zero-order valence-electron chi connectivity index (χ0n) is 12.7. The van der Waals surface area contributed by atoms with Crippen molar-refractivity contribution in [2.45, 2.75) is 33.2 Å². The quantitative estimate of drug-likeness (QED) is 0.883. The summed E-state index contributed by atoms with van der Waals surface area (Å²) in [5, 5.41) is 10.8. The van der Waals surface area contributed by atoms with Crippen LogP contribution in [0.15, 0.2) is 21.9 Å². The number of carboxylic acids is 1. The number of oxazole rings is 1. The fourth-order valence-corrected chi connectivity index (χ4v) is 2.70. The van der Waals surface area contributed by atoms with Crippen molar-refractivity contribution in [3.05, 3.63) is 29.0 Å². The van der Waals surface area contributed by atoms with E-state index < -0.39 is 5.97 Å². The van der Waals surface area contributed by atoms with Gasteiger partial charge in [-0.3, -0.25) is 9.59 Å². The molecule has 0 atom stereocenters. The van der Waals surface area contributed by atoms with Crippen molar-refractivity contribution < 1.29 is 19.1 Å². The first-order valence-electron chi connectivity index (χ1n) is 6.90. The maximum atomic E-state index is 12.3. The number of hydrogen-bond acceptors (Lipinski definition) is 5. The van der Waals surface area contributed by atoms with E-state index in [1.807, 2.05) is 17.5 Å². The number of thiophene rings is 1. The molecule has 0 aliphatic heterocycles. The Kier molecular flexibility index (Phi) is 4.97. The van der Waals surface area contributed by atoms with Crippen molar-refractivity contribution >= 4 is 23.2 Å². The van der Waals surface area contributed by atoms with Crippen molar-refractivity contribution in [1.82, 2.24) is 9.88 Å². The minimum atomic E-state index is -1.03. The monoisotopic (exact) mass is 322 g/mol. The standard InChI is InChI=1S/C15H18N2O4S/c1-9(2)17(8-14(19)20)13(18)7-11-10(3)21-15(16-11)12-5-4-6-22-12/h4-6,9H,7-8H2,1-3H3,(H,19,20). The first-order valence-corrected chi connectivity index (χ1v) is 7.78. The summed E-state index contributed by atoms with van der Waals surface area (Å²) in [6.07, 6.45) is 0.0339. The van der Waals surface area contributed by atoms with Gasteiger partial charge in [-0.15, -0.1) is 11.3 Å². The summed E-state index contributed by atoms with van der Waals surface area (Å²) >= 11 is 1.51. The maximum Gasteiger partial charge on any atom is 0.323 e. The molecule has 0 fully saturated rings. The Bertz CT molecular complexity index is 661. The second-order valence-electron chi connectivity index (χ2n) is 5.19. The summed E-state index contributed by atoms with van der Waals surface area (Å²) in [6.45, 7) is 5.01. The van der Waals surface area contributed by atoms with Crippen LogP contribution in [0.1, 0.15) is 25.3 Å². The molecular formula is C15H18N2O4S. The third-order valence-corrected chi connectivity index (χ3v) is 4.05. The van der Waals surface area contributed by atoms with E-state index in [4.69, 9.17) is 9.52 Å². The number of carboxylic acid groups (broad SMARTS) is 1.